The Morgan fingerprint density at radius 1 is 0.912 bits per heavy atom. The Labute approximate surface area is 202 Å². The van der Waals surface area contributed by atoms with Crippen LogP contribution in [0, 0.1) is 13.8 Å². The van der Waals surface area contributed by atoms with Gasteiger partial charge in [0, 0.05) is 50.7 Å². The third-order valence-electron chi connectivity index (χ3n) is 6.53. The number of aromatic nitrogens is 3. The average Bonchev–Trinajstić information content (AvgIpc) is 3.32. The quantitative estimate of drug-likeness (QED) is 0.433. The molecule has 0 unspecified atom stereocenters. The van der Waals surface area contributed by atoms with Crippen LogP contribution in [0.2, 0.25) is 0 Å². The van der Waals surface area contributed by atoms with Crippen LogP contribution in [-0.4, -0.2) is 53.0 Å². The van der Waals surface area contributed by atoms with Crippen LogP contribution in [0.1, 0.15) is 10.4 Å². The van der Waals surface area contributed by atoms with E-state index in [1.165, 1.54) is 13.4 Å². The Morgan fingerprint density at radius 3 is 2.18 bits per heavy atom. The molecule has 0 aliphatic carbocycles. The lowest BCUT2D eigenvalue weighted by Crippen LogP contribution is -2.48. The number of thiazole rings is 1. The summed E-state index contributed by atoms with van der Waals surface area (Å²) in [7, 11) is -0.334. The number of hydrogen-bond donors (Lipinski definition) is 0. The number of fused-ring (bicyclic) bond motifs is 1. The van der Waals surface area contributed by atoms with Gasteiger partial charge in [-0.25, -0.2) is 18.2 Å². The molecule has 0 spiro atoms. The third kappa shape index (κ3) is 3.66. The second-order valence-corrected chi connectivity index (χ2v) is 11.8. The van der Waals surface area contributed by atoms with E-state index in [2.05, 4.69) is 24.0 Å². The lowest BCUT2D eigenvalue weighted by molar-refractivity contribution is 0.384. The minimum absolute atomic E-state index is 0.175. The van der Waals surface area contributed by atoms with E-state index in [9.17, 15) is 13.2 Å². The zero-order valence-electron chi connectivity index (χ0n) is 19.6. The highest BCUT2D eigenvalue weighted by molar-refractivity contribution is 7.89. The summed E-state index contributed by atoms with van der Waals surface area (Å²) in [5, 5.41) is 0.922. The maximum atomic E-state index is 13.5. The molecule has 0 atom stereocenters. The molecule has 8 nitrogen and oxygen atoms in total. The molecule has 1 saturated heterocycles. The van der Waals surface area contributed by atoms with E-state index in [1.54, 1.807) is 44.5 Å². The van der Waals surface area contributed by atoms with Gasteiger partial charge in [-0.1, -0.05) is 30.3 Å². The van der Waals surface area contributed by atoms with Crippen LogP contribution in [0.4, 0.5) is 5.13 Å². The fraction of sp³-hybridized carbons (Fsp3) is 0.333. The Bertz CT molecular complexity index is 1540. The van der Waals surface area contributed by atoms with Gasteiger partial charge >= 0.3 is 5.69 Å². The number of imidazole rings is 1. The highest BCUT2D eigenvalue weighted by Gasteiger charge is 2.31. The van der Waals surface area contributed by atoms with Crippen molar-refractivity contribution in [3.05, 3.63) is 63.4 Å². The van der Waals surface area contributed by atoms with Crippen molar-refractivity contribution >= 4 is 37.5 Å². The van der Waals surface area contributed by atoms with Gasteiger partial charge in [-0.3, -0.25) is 9.13 Å². The first kappa shape index (κ1) is 22.8. The van der Waals surface area contributed by atoms with E-state index < -0.39 is 10.0 Å². The lowest BCUT2D eigenvalue weighted by Gasteiger charge is -2.34. The van der Waals surface area contributed by atoms with Crippen LogP contribution in [0.25, 0.3) is 22.3 Å². The van der Waals surface area contributed by atoms with Gasteiger partial charge in [0.15, 0.2) is 5.13 Å². The molecule has 3 heterocycles. The Balaban J connectivity index is 1.38. The Hall–Kier alpha value is -2.95. The molecule has 2 aromatic heterocycles. The molecular formula is C24H27N5O3S2. The number of piperazine rings is 1. The Morgan fingerprint density at radius 2 is 1.53 bits per heavy atom. The minimum atomic E-state index is -3.69. The Kier molecular flexibility index (Phi) is 5.62. The largest absolute Gasteiger partial charge is 0.345 e. The average molecular weight is 498 g/mol. The van der Waals surface area contributed by atoms with E-state index >= 15 is 0 Å². The number of rotatable bonds is 4. The first-order chi connectivity index (χ1) is 16.2. The van der Waals surface area contributed by atoms with Gasteiger partial charge in [0.1, 0.15) is 0 Å². The second-order valence-electron chi connectivity index (χ2n) is 8.67. The van der Waals surface area contributed by atoms with Gasteiger partial charge in [0.2, 0.25) is 10.0 Å². The summed E-state index contributed by atoms with van der Waals surface area (Å²) in [6, 6.07) is 13.5. The first-order valence-corrected chi connectivity index (χ1v) is 13.4. The van der Waals surface area contributed by atoms with Crippen LogP contribution in [0.3, 0.4) is 0 Å². The monoisotopic (exact) mass is 497 g/mol. The summed E-state index contributed by atoms with van der Waals surface area (Å²) in [6.45, 7) is 5.76. The van der Waals surface area contributed by atoms with E-state index in [1.807, 2.05) is 18.2 Å². The summed E-state index contributed by atoms with van der Waals surface area (Å²) in [4.78, 5) is 20.7. The maximum absolute atomic E-state index is 13.5. The van der Waals surface area contributed by atoms with E-state index in [-0.39, 0.29) is 10.6 Å². The molecule has 178 valence electrons. The zero-order valence-corrected chi connectivity index (χ0v) is 21.3. The van der Waals surface area contributed by atoms with Crippen LogP contribution in [0.15, 0.2) is 52.2 Å². The van der Waals surface area contributed by atoms with Crippen molar-refractivity contribution in [2.45, 2.75) is 18.7 Å². The predicted molar refractivity (Wildman–Crippen MR) is 136 cm³/mol. The summed E-state index contributed by atoms with van der Waals surface area (Å²) >= 11 is 1.64. The molecule has 0 saturated carbocycles. The maximum Gasteiger partial charge on any atom is 0.328 e. The smallest absolute Gasteiger partial charge is 0.328 e. The fourth-order valence-corrected chi connectivity index (χ4v) is 7.18. The number of aryl methyl sites for hydroxylation is 4. The highest BCUT2D eigenvalue weighted by atomic mass is 32.2. The summed E-state index contributed by atoms with van der Waals surface area (Å²) in [6.07, 6.45) is 0. The van der Waals surface area contributed by atoms with Crippen molar-refractivity contribution in [3.8, 4) is 11.3 Å². The standard InChI is InChI=1S/C24H27N5O3S2/c1-16-14-19-20(27(4)24(30)26(19)3)15-21(16)34(31,32)29-12-10-28(11-13-29)23-25-22(17(2)33-23)18-8-6-5-7-9-18/h5-9,14-15H,10-13H2,1-4H3. The molecule has 5 rings (SSSR count). The predicted octanol–water partition coefficient (Wildman–Crippen LogP) is 3.13. The minimum Gasteiger partial charge on any atom is -0.345 e. The van der Waals surface area contributed by atoms with Gasteiger partial charge in [-0.05, 0) is 31.5 Å². The van der Waals surface area contributed by atoms with Crippen molar-refractivity contribution in [3.63, 3.8) is 0 Å². The second kappa shape index (κ2) is 8.37. The van der Waals surface area contributed by atoms with Crippen LogP contribution < -0.4 is 10.6 Å². The molecule has 10 heteroatoms. The molecule has 1 aliphatic heterocycles. The van der Waals surface area contributed by atoms with E-state index in [0.717, 1.165) is 26.8 Å². The molecule has 0 amide bonds. The summed E-state index contributed by atoms with van der Waals surface area (Å²) in [5.41, 5.74) is 3.87. The van der Waals surface area contributed by atoms with Gasteiger partial charge in [-0.15, -0.1) is 11.3 Å². The number of benzene rings is 2. The van der Waals surface area contributed by atoms with Crippen LogP contribution in [-0.2, 0) is 24.1 Å². The molecule has 34 heavy (non-hydrogen) atoms. The first-order valence-electron chi connectivity index (χ1n) is 11.1. The van der Waals surface area contributed by atoms with E-state index in [0.29, 0.717) is 37.3 Å². The molecule has 2 aromatic carbocycles. The topological polar surface area (TPSA) is 80.4 Å². The molecule has 4 aromatic rings. The van der Waals surface area contributed by atoms with Crippen LogP contribution >= 0.6 is 11.3 Å². The van der Waals surface area contributed by atoms with Gasteiger partial charge in [0.05, 0.1) is 21.6 Å². The van der Waals surface area contributed by atoms with E-state index in [4.69, 9.17) is 4.98 Å². The normalized spacial score (nSPS) is 15.4. The molecule has 0 radical (unpaired) electrons. The molecule has 0 N–H and O–H groups in total. The van der Waals surface area contributed by atoms with Crippen molar-refractivity contribution in [1.29, 1.82) is 0 Å². The van der Waals surface area contributed by atoms with Crippen LogP contribution in [0.5, 0.6) is 0 Å². The zero-order chi connectivity index (χ0) is 24.2. The number of anilines is 1. The molecule has 1 fully saturated rings. The van der Waals surface area contributed by atoms with Crippen molar-refractivity contribution < 1.29 is 8.42 Å². The number of hydrogen-bond acceptors (Lipinski definition) is 6. The van der Waals surface area contributed by atoms with Crippen molar-refractivity contribution in [2.24, 2.45) is 14.1 Å². The molecule has 0 bridgehead atoms. The van der Waals surface area contributed by atoms with Crippen molar-refractivity contribution in [1.82, 2.24) is 18.4 Å². The fourth-order valence-electron chi connectivity index (χ4n) is 4.55. The summed E-state index contributed by atoms with van der Waals surface area (Å²) < 4.78 is 31.6. The molecular weight excluding hydrogens is 470 g/mol. The summed E-state index contributed by atoms with van der Waals surface area (Å²) in [5.74, 6) is 0. The number of nitrogens with zero attached hydrogens (tertiary/aromatic N) is 5. The van der Waals surface area contributed by atoms with Gasteiger partial charge in [0.25, 0.3) is 0 Å². The lowest BCUT2D eigenvalue weighted by atomic mass is 10.1. The highest BCUT2D eigenvalue weighted by Crippen LogP contribution is 2.33. The SMILES string of the molecule is Cc1cc2c(cc1S(=O)(=O)N1CCN(c3nc(-c4ccccc4)c(C)s3)CC1)n(C)c(=O)n2C. The van der Waals surface area contributed by atoms with Crippen molar-refractivity contribution in [2.75, 3.05) is 31.1 Å². The number of sulfonamides is 1. The molecule has 1 aliphatic rings. The van der Waals surface area contributed by atoms with Gasteiger partial charge in [-0.2, -0.15) is 4.31 Å². The van der Waals surface area contributed by atoms with Gasteiger partial charge < -0.3 is 4.90 Å². The third-order valence-corrected chi connectivity index (χ3v) is 9.60.